The number of nitrogens with one attached hydrogen (secondary N) is 1. The van der Waals surface area contributed by atoms with Crippen molar-refractivity contribution in [2.45, 2.75) is 53.1 Å². The molecule has 0 amide bonds. The zero-order valence-electron chi connectivity index (χ0n) is 12.2. The van der Waals surface area contributed by atoms with Crippen molar-refractivity contribution in [1.29, 1.82) is 0 Å². The molecule has 18 heavy (non-hydrogen) atoms. The van der Waals surface area contributed by atoms with E-state index in [0.29, 0.717) is 6.04 Å². The summed E-state index contributed by atoms with van der Waals surface area (Å²) in [6.45, 7) is 10.5. The van der Waals surface area contributed by atoms with Crippen molar-refractivity contribution >= 4 is 0 Å². The minimum atomic E-state index is 0.566. The highest BCUT2D eigenvalue weighted by atomic mass is 16.5. The van der Waals surface area contributed by atoms with Crippen LogP contribution in [0.3, 0.4) is 0 Å². The first-order valence-electron chi connectivity index (χ1n) is 7.16. The quantitative estimate of drug-likeness (QED) is 0.752. The van der Waals surface area contributed by atoms with Crippen molar-refractivity contribution in [3.05, 3.63) is 29.8 Å². The zero-order valence-corrected chi connectivity index (χ0v) is 12.2. The van der Waals surface area contributed by atoms with Crippen molar-refractivity contribution in [3.63, 3.8) is 0 Å². The number of ether oxygens (including phenoxy) is 1. The van der Waals surface area contributed by atoms with E-state index < -0.39 is 0 Å². The van der Waals surface area contributed by atoms with Crippen molar-refractivity contribution in [2.24, 2.45) is 5.92 Å². The summed E-state index contributed by atoms with van der Waals surface area (Å²) in [7, 11) is 0. The van der Waals surface area contributed by atoms with E-state index in [0.717, 1.165) is 24.8 Å². The maximum absolute atomic E-state index is 5.52. The van der Waals surface area contributed by atoms with Gasteiger partial charge in [-0.3, -0.25) is 0 Å². The van der Waals surface area contributed by atoms with E-state index in [9.17, 15) is 0 Å². The fraction of sp³-hybridized carbons (Fsp3) is 0.625. The highest BCUT2D eigenvalue weighted by molar-refractivity contribution is 5.28. The topological polar surface area (TPSA) is 21.3 Å². The van der Waals surface area contributed by atoms with Gasteiger partial charge in [0.2, 0.25) is 0 Å². The first-order valence-corrected chi connectivity index (χ1v) is 7.16. The highest BCUT2D eigenvalue weighted by Gasteiger charge is 2.12. The van der Waals surface area contributed by atoms with Crippen molar-refractivity contribution in [3.8, 4) is 5.75 Å². The van der Waals surface area contributed by atoms with Crippen LogP contribution in [0.2, 0.25) is 0 Å². The predicted molar refractivity (Wildman–Crippen MR) is 78.0 cm³/mol. The Labute approximate surface area is 112 Å². The largest absolute Gasteiger partial charge is 0.494 e. The van der Waals surface area contributed by atoms with Gasteiger partial charge >= 0.3 is 0 Å². The van der Waals surface area contributed by atoms with Gasteiger partial charge in [0.05, 0.1) is 6.61 Å². The molecule has 0 heterocycles. The van der Waals surface area contributed by atoms with E-state index in [2.05, 4.69) is 44.3 Å². The molecule has 0 aliphatic heterocycles. The molecule has 0 radical (unpaired) electrons. The summed E-state index contributed by atoms with van der Waals surface area (Å²) in [5, 5.41) is 3.61. The predicted octanol–water partition coefficient (Wildman–Crippen LogP) is 4.00. The molecule has 0 spiro atoms. The van der Waals surface area contributed by atoms with Gasteiger partial charge in [0.25, 0.3) is 0 Å². The maximum atomic E-state index is 5.52. The number of benzene rings is 1. The number of hydrogen-bond donors (Lipinski definition) is 1. The minimum absolute atomic E-state index is 0.566. The second kappa shape index (κ2) is 8.15. The third kappa shape index (κ3) is 4.69. The molecule has 0 fully saturated rings. The fourth-order valence-electron chi connectivity index (χ4n) is 2.35. The van der Waals surface area contributed by atoms with Crippen molar-refractivity contribution < 1.29 is 4.74 Å². The number of hydrogen-bond acceptors (Lipinski definition) is 2. The molecule has 2 heteroatoms. The van der Waals surface area contributed by atoms with E-state index in [-0.39, 0.29) is 0 Å². The molecule has 1 atom stereocenters. The maximum Gasteiger partial charge on any atom is 0.119 e. The van der Waals surface area contributed by atoms with Crippen LogP contribution in [0.25, 0.3) is 0 Å². The Morgan fingerprint density at radius 2 is 1.89 bits per heavy atom. The van der Waals surface area contributed by atoms with Gasteiger partial charge < -0.3 is 10.1 Å². The van der Waals surface area contributed by atoms with Gasteiger partial charge in [0, 0.05) is 12.6 Å². The van der Waals surface area contributed by atoms with E-state index in [4.69, 9.17) is 4.74 Å². The van der Waals surface area contributed by atoms with Crippen LogP contribution in [-0.2, 0) is 6.54 Å². The standard InChI is InChI=1S/C16H27NO/c1-5-15(6-2)13(4)17-12-14-9-8-10-16(11-14)18-7-3/h8-11,13,15,17H,5-7,12H2,1-4H3. The second-order valence-electron chi connectivity index (χ2n) is 4.83. The van der Waals surface area contributed by atoms with E-state index in [1.807, 2.05) is 13.0 Å². The van der Waals surface area contributed by atoms with Crippen molar-refractivity contribution in [1.82, 2.24) is 5.32 Å². The van der Waals surface area contributed by atoms with Crippen LogP contribution in [0.15, 0.2) is 24.3 Å². The minimum Gasteiger partial charge on any atom is -0.494 e. The third-order valence-corrected chi connectivity index (χ3v) is 3.59. The average molecular weight is 249 g/mol. The Morgan fingerprint density at radius 3 is 2.50 bits per heavy atom. The summed E-state index contributed by atoms with van der Waals surface area (Å²) in [6, 6.07) is 8.91. The van der Waals surface area contributed by atoms with Crippen LogP contribution >= 0.6 is 0 Å². The molecule has 0 saturated heterocycles. The molecule has 102 valence electrons. The van der Waals surface area contributed by atoms with Gasteiger partial charge in [-0.25, -0.2) is 0 Å². The molecule has 1 aromatic rings. The monoisotopic (exact) mass is 249 g/mol. The lowest BCUT2D eigenvalue weighted by molar-refractivity contribution is 0.338. The SMILES string of the molecule is CCOc1cccc(CNC(C)C(CC)CC)c1. The first-order chi connectivity index (χ1) is 8.71. The molecule has 0 aliphatic rings. The lowest BCUT2D eigenvalue weighted by atomic mass is 9.95. The highest BCUT2D eigenvalue weighted by Crippen LogP contribution is 2.15. The molecule has 0 bridgehead atoms. The van der Waals surface area contributed by atoms with Crippen LogP contribution < -0.4 is 10.1 Å². The molecule has 0 saturated carbocycles. The summed E-state index contributed by atoms with van der Waals surface area (Å²) >= 11 is 0. The van der Waals surface area contributed by atoms with Gasteiger partial charge in [0.15, 0.2) is 0 Å². The average Bonchev–Trinajstić information content (AvgIpc) is 2.39. The summed E-state index contributed by atoms with van der Waals surface area (Å²) in [5.41, 5.74) is 1.29. The summed E-state index contributed by atoms with van der Waals surface area (Å²) in [4.78, 5) is 0. The normalized spacial score (nSPS) is 12.7. The van der Waals surface area contributed by atoms with Gasteiger partial charge in [0.1, 0.15) is 5.75 Å². The van der Waals surface area contributed by atoms with Gasteiger partial charge in [-0.05, 0) is 37.5 Å². The third-order valence-electron chi connectivity index (χ3n) is 3.59. The molecule has 1 rings (SSSR count). The number of rotatable bonds is 8. The lowest BCUT2D eigenvalue weighted by Crippen LogP contribution is -2.32. The Morgan fingerprint density at radius 1 is 1.17 bits per heavy atom. The Hall–Kier alpha value is -1.02. The fourth-order valence-corrected chi connectivity index (χ4v) is 2.35. The summed E-state index contributed by atoms with van der Waals surface area (Å²) < 4.78 is 5.52. The van der Waals surface area contributed by atoms with Gasteiger partial charge in [-0.2, -0.15) is 0 Å². The van der Waals surface area contributed by atoms with Crippen LogP contribution in [-0.4, -0.2) is 12.6 Å². The smallest absolute Gasteiger partial charge is 0.119 e. The second-order valence-corrected chi connectivity index (χ2v) is 4.83. The molecular formula is C16H27NO. The van der Waals surface area contributed by atoms with E-state index in [1.54, 1.807) is 0 Å². The van der Waals surface area contributed by atoms with Gasteiger partial charge in [-0.1, -0.05) is 38.8 Å². The van der Waals surface area contributed by atoms with Crippen LogP contribution in [0.4, 0.5) is 0 Å². The molecule has 1 N–H and O–H groups in total. The van der Waals surface area contributed by atoms with Crippen LogP contribution in [0.5, 0.6) is 5.75 Å². The van der Waals surface area contributed by atoms with Crippen molar-refractivity contribution in [2.75, 3.05) is 6.61 Å². The van der Waals surface area contributed by atoms with E-state index >= 15 is 0 Å². The van der Waals surface area contributed by atoms with Gasteiger partial charge in [-0.15, -0.1) is 0 Å². The van der Waals surface area contributed by atoms with Crippen LogP contribution in [0, 0.1) is 5.92 Å². The molecule has 1 unspecified atom stereocenters. The Bertz CT molecular complexity index is 334. The molecule has 0 aliphatic carbocycles. The molecule has 2 nitrogen and oxygen atoms in total. The van der Waals surface area contributed by atoms with E-state index in [1.165, 1.54) is 18.4 Å². The lowest BCUT2D eigenvalue weighted by Gasteiger charge is -2.22. The summed E-state index contributed by atoms with van der Waals surface area (Å²) in [5.74, 6) is 1.73. The summed E-state index contributed by atoms with van der Waals surface area (Å²) in [6.07, 6.45) is 2.48. The molecule has 0 aromatic heterocycles. The Kier molecular flexibility index (Phi) is 6.81. The Balaban J connectivity index is 2.49. The first kappa shape index (κ1) is 15.0. The van der Waals surface area contributed by atoms with Crippen LogP contribution in [0.1, 0.15) is 46.1 Å². The molecular weight excluding hydrogens is 222 g/mol. The molecule has 1 aromatic carbocycles. The zero-order chi connectivity index (χ0) is 13.4.